The average Bonchev–Trinajstić information content (AvgIpc) is 3.11. The Hall–Kier alpha value is -3.19. The number of aromatic amines is 1. The maximum Gasteiger partial charge on any atom is 0.265 e. The van der Waals surface area contributed by atoms with Crippen LogP contribution in [0.4, 0.5) is 11.6 Å². The molecule has 0 aliphatic carbocycles. The summed E-state index contributed by atoms with van der Waals surface area (Å²) in [4.78, 5) is 23.4. The molecule has 5 N–H and O–H groups in total. The zero-order valence-electron chi connectivity index (χ0n) is 12.5. The normalized spacial score (nSPS) is 10.3. The second-order valence-corrected chi connectivity index (χ2v) is 4.98. The number of benzene rings is 1. The van der Waals surface area contributed by atoms with Crippen molar-refractivity contribution < 1.29 is 4.79 Å². The van der Waals surface area contributed by atoms with Gasteiger partial charge in [-0.05, 0) is 42.8 Å². The quantitative estimate of drug-likeness (QED) is 0.335. The van der Waals surface area contributed by atoms with Crippen LogP contribution >= 0.6 is 0 Å². The Morgan fingerprint density at radius 1 is 1.26 bits per heavy atom. The molecule has 23 heavy (non-hydrogen) atoms. The van der Waals surface area contributed by atoms with Crippen LogP contribution < -0.4 is 16.6 Å². The fourth-order valence-corrected chi connectivity index (χ4v) is 2.16. The van der Waals surface area contributed by atoms with Gasteiger partial charge < -0.3 is 10.3 Å². The smallest absolute Gasteiger partial charge is 0.265 e. The first-order chi connectivity index (χ1) is 11.2. The lowest BCUT2D eigenvalue weighted by molar-refractivity contribution is 0.0953. The Bertz CT molecular complexity index is 828. The number of H-pyrrole nitrogens is 1. The summed E-state index contributed by atoms with van der Waals surface area (Å²) in [6.45, 7) is 1.93. The molecule has 0 saturated heterocycles. The molecule has 0 fully saturated rings. The Balaban J connectivity index is 1.90. The number of carbonyl (C=O) groups is 1. The van der Waals surface area contributed by atoms with Gasteiger partial charge in [-0.2, -0.15) is 0 Å². The van der Waals surface area contributed by atoms with E-state index in [0.717, 1.165) is 22.6 Å². The van der Waals surface area contributed by atoms with Crippen LogP contribution in [0.1, 0.15) is 15.9 Å². The van der Waals surface area contributed by atoms with E-state index in [1.807, 2.05) is 37.4 Å². The van der Waals surface area contributed by atoms with E-state index in [0.29, 0.717) is 11.5 Å². The Labute approximate surface area is 132 Å². The van der Waals surface area contributed by atoms with Crippen molar-refractivity contribution in [2.75, 3.05) is 5.32 Å². The number of hydrogen-bond donors (Lipinski definition) is 4. The highest BCUT2D eigenvalue weighted by Crippen LogP contribution is 2.21. The SMILES string of the molecule is Cc1ccc(C(=O)NN)cc1Nc1nccc(-c2ccc[nH]2)n1. The summed E-state index contributed by atoms with van der Waals surface area (Å²) in [5, 5.41) is 3.14. The van der Waals surface area contributed by atoms with Crippen molar-refractivity contribution in [1.29, 1.82) is 0 Å². The predicted molar refractivity (Wildman–Crippen MR) is 87.9 cm³/mol. The highest BCUT2D eigenvalue weighted by Gasteiger charge is 2.09. The molecule has 7 heteroatoms. The van der Waals surface area contributed by atoms with Crippen molar-refractivity contribution in [1.82, 2.24) is 20.4 Å². The van der Waals surface area contributed by atoms with E-state index in [1.165, 1.54) is 0 Å². The summed E-state index contributed by atoms with van der Waals surface area (Å²) in [5.41, 5.74) is 5.97. The number of aryl methyl sites for hydroxylation is 1. The van der Waals surface area contributed by atoms with Gasteiger partial charge in [0.2, 0.25) is 5.95 Å². The summed E-state index contributed by atoms with van der Waals surface area (Å²) in [5.74, 6) is 5.27. The van der Waals surface area contributed by atoms with E-state index in [2.05, 4.69) is 25.7 Å². The van der Waals surface area contributed by atoms with Gasteiger partial charge >= 0.3 is 0 Å². The second kappa shape index (κ2) is 6.29. The van der Waals surface area contributed by atoms with Gasteiger partial charge in [-0.25, -0.2) is 15.8 Å². The molecule has 0 bridgehead atoms. The molecule has 0 aliphatic heterocycles. The largest absolute Gasteiger partial charge is 0.360 e. The average molecular weight is 308 g/mol. The fourth-order valence-electron chi connectivity index (χ4n) is 2.16. The summed E-state index contributed by atoms with van der Waals surface area (Å²) in [6.07, 6.45) is 3.51. The van der Waals surface area contributed by atoms with Crippen molar-refractivity contribution >= 4 is 17.5 Å². The van der Waals surface area contributed by atoms with Gasteiger partial charge in [0.05, 0.1) is 11.4 Å². The number of rotatable bonds is 4. The third-order valence-electron chi connectivity index (χ3n) is 3.41. The number of nitrogens with zero attached hydrogens (tertiary/aromatic N) is 2. The van der Waals surface area contributed by atoms with Crippen molar-refractivity contribution in [2.24, 2.45) is 5.84 Å². The lowest BCUT2D eigenvalue weighted by Crippen LogP contribution is -2.30. The molecule has 0 radical (unpaired) electrons. The molecule has 2 aromatic heterocycles. The van der Waals surface area contributed by atoms with Gasteiger partial charge in [0, 0.05) is 23.6 Å². The minimum atomic E-state index is -0.353. The molecule has 0 saturated carbocycles. The summed E-state index contributed by atoms with van der Waals surface area (Å²) in [6, 6.07) is 10.9. The lowest BCUT2D eigenvalue weighted by atomic mass is 10.1. The first-order valence-electron chi connectivity index (χ1n) is 7.03. The monoisotopic (exact) mass is 308 g/mol. The number of amides is 1. The summed E-state index contributed by atoms with van der Waals surface area (Å²) in [7, 11) is 0. The topological polar surface area (TPSA) is 109 Å². The van der Waals surface area contributed by atoms with Gasteiger partial charge in [-0.3, -0.25) is 10.2 Å². The number of carbonyl (C=O) groups excluding carboxylic acids is 1. The van der Waals surface area contributed by atoms with Crippen LogP contribution in [0.5, 0.6) is 0 Å². The molecular formula is C16H16N6O. The van der Waals surface area contributed by atoms with E-state index in [9.17, 15) is 4.79 Å². The highest BCUT2D eigenvalue weighted by atomic mass is 16.2. The molecule has 3 aromatic rings. The van der Waals surface area contributed by atoms with Crippen LogP contribution in [0.3, 0.4) is 0 Å². The van der Waals surface area contributed by atoms with Crippen LogP contribution in [-0.4, -0.2) is 20.9 Å². The number of nitrogens with one attached hydrogen (secondary N) is 3. The van der Waals surface area contributed by atoms with Crippen LogP contribution in [0.25, 0.3) is 11.4 Å². The second-order valence-electron chi connectivity index (χ2n) is 4.98. The molecule has 1 aromatic carbocycles. The van der Waals surface area contributed by atoms with Crippen LogP contribution in [-0.2, 0) is 0 Å². The van der Waals surface area contributed by atoms with E-state index in [4.69, 9.17) is 5.84 Å². The van der Waals surface area contributed by atoms with Gasteiger partial charge in [0.25, 0.3) is 5.91 Å². The number of hydrazine groups is 1. The number of nitrogens with two attached hydrogens (primary N) is 1. The zero-order valence-corrected chi connectivity index (χ0v) is 12.5. The Morgan fingerprint density at radius 2 is 2.13 bits per heavy atom. The third-order valence-corrected chi connectivity index (χ3v) is 3.41. The van der Waals surface area contributed by atoms with Gasteiger partial charge in [0.15, 0.2) is 0 Å². The van der Waals surface area contributed by atoms with Crippen LogP contribution in [0.2, 0.25) is 0 Å². The lowest BCUT2D eigenvalue weighted by Gasteiger charge is -2.10. The number of hydrogen-bond acceptors (Lipinski definition) is 5. The van der Waals surface area contributed by atoms with Crippen molar-refractivity contribution in [2.45, 2.75) is 6.92 Å². The molecule has 0 aliphatic rings. The molecule has 0 unspecified atom stereocenters. The van der Waals surface area contributed by atoms with E-state index in [-0.39, 0.29) is 5.91 Å². The van der Waals surface area contributed by atoms with Crippen molar-refractivity contribution in [3.8, 4) is 11.4 Å². The molecular weight excluding hydrogens is 292 g/mol. The van der Waals surface area contributed by atoms with Crippen molar-refractivity contribution in [3.05, 3.63) is 59.9 Å². The summed E-state index contributed by atoms with van der Waals surface area (Å²) < 4.78 is 0. The van der Waals surface area contributed by atoms with E-state index in [1.54, 1.807) is 18.3 Å². The molecule has 3 rings (SSSR count). The van der Waals surface area contributed by atoms with Gasteiger partial charge in [0.1, 0.15) is 0 Å². The van der Waals surface area contributed by atoms with Gasteiger partial charge in [-0.15, -0.1) is 0 Å². The minimum Gasteiger partial charge on any atom is -0.360 e. The molecule has 116 valence electrons. The third kappa shape index (κ3) is 3.19. The van der Waals surface area contributed by atoms with Crippen molar-refractivity contribution in [3.63, 3.8) is 0 Å². The number of aromatic nitrogens is 3. The maximum atomic E-state index is 11.6. The Kier molecular flexibility index (Phi) is 4.03. The standard InChI is InChI=1S/C16H16N6O/c1-10-4-5-11(15(23)22-17)9-14(10)21-16-19-8-6-13(20-16)12-3-2-7-18-12/h2-9,18H,17H2,1H3,(H,22,23)(H,19,20,21). The minimum absolute atomic E-state index is 0.353. The number of anilines is 2. The molecule has 1 amide bonds. The predicted octanol–water partition coefficient (Wildman–Crippen LogP) is 2.13. The zero-order chi connectivity index (χ0) is 16.2. The van der Waals surface area contributed by atoms with E-state index >= 15 is 0 Å². The maximum absolute atomic E-state index is 11.6. The first kappa shape index (κ1) is 14.7. The molecule has 7 nitrogen and oxygen atoms in total. The first-order valence-corrected chi connectivity index (χ1v) is 7.03. The molecule has 2 heterocycles. The van der Waals surface area contributed by atoms with Crippen LogP contribution in [0, 0.1) is 6.92 Å². The Morgan fingerprint density at radius 3 is 2.87 bits per heavy atom. The molecule has 0 spiro atoms. The highest BCUT2D eigenvalue weighted by molar-refractivity contribution is 5.95. The van der Waals surface area contributed by atoms with Gasteiger partial charge in [-0.1, -0.05) is 6.07 Å². The van der Waals surface area contributed by atoms with Crippen LogP contribution in [0.15, 0.2) is 48.8 Å². The fraction of sp³-hybridized carbons (Fsp3) is 0.0625. The van der Waals surface area contributed by atoms with E-state index < -0.39 is 0 Å². The summed E-state index contributed by atoms with van der Waals surface area (Å²) >= 11 is 0. The number of nitrogen functional groups attached to an aromatic ring is 1. The molecule has 0 atom stereocenters.